The first-order valence-electron chi connectivity index (χ1n) is 12.4. The minimum atomic E-state index is -1.18. The van der Waals surface area contributed by atoms with Gasteiger partial charge in [-0.2, -0.15) is 0 Å². The summed E-state index contributed by atoms with van der Waals surface area (Å²) in [5, 5.41) is 19.0. The highest BCUT2D eigenvalue weighted by atomic mass is 16.4. The first kappa shape index (κ1) is 33.2. The fraction of sp³-hybridized carbons (Fsp3) is 0.773. The van der Waals surface area contributed by atoms with Gasteiger partial charge in [-0.3, -0.25) is 19.2 Å². The van der Waals surface area contributed by atoms with Crippen molar-refractivity contribution < 1.29 is 29.1 Å². The monoisotopic (exact) mass is 516 g/mol. The summed E-state index contributed by atoms with van der Waals surface area (Å²) in [5.41, 5.74) is 22.1. The van der Waals surface area contributed by atoms with Gasteiger partial charge < -0.3 is 49.3 Å². The van der Waals surface area contributed by atoms with Crippen molar-refractivity contribution >= 4 is 29.6 Å². The van der Waals surface area contributed by atoms with Gasteiger partial charge in [-0.15, -0.1) is 0 Å². The summed E-state index contributed by atoms with van der Waals surface area (Å²) in [5.74, 6) is -3.55. The van der Waals surface area contributed by atoms with E-state index in [1.165, 1.54) is 0 Å². The number of hydrogen-bond acceptors (Lipinski definition) is 9. The van der Waals surface area contributed by atoms with Gasteiger partial charge in [0.1, 0.15) is 12.1 Å². The SMILES string of the molecule is NCCCC[C@H](NC(=O)CNC(=O)[C@H](CCCCN)NC(=O)CNC(=O)[C@@H](N)CCCCN)C(=O)O. The quantitative estimate of drug-likeness (QED) is 0.0697. The smallest absolute Gasteiger partial charge is 0.326 e. The van der Waals surface area contributed by atoms with Crippen molar-refractivity contribution in [2.75, 3.05) is 32.7 Å². The third-order valence-electron chi connectivity index (χ3n) is 5.33. The zero-order valence-electron chi connectivity index (χ0n) is 20.9. The maximum atomic E-state index is 12.6. The lowest BCUT2D eigenvalue weighted by atomic mass is 10.1. The summed E-state index contributed by atoms with van der Waals surface area (Å²) in [6.45, 7) is 0.494. The summed E-state index contributed by atoms with van der Waals surface area (Å²) in [6, 6.07) is -2.82. The first-order valence-corrected chi connectivity index (χ1v) is 12.4. The average Bonchev–Trinajstić information content (AvgIpc) is 2.84. The lowest BCUT2D eigenvalue weighted by Gasteiger charge is -2.20. The predicted octanol–water partition coefficient (Wildman–Crippen LogP) is -3.01. The Bertz CT molecular complexity index is 693. The van der Waals surface area contributed by atoms with Gasteiger partial charge in [0, 0.05) is 0 Å². The average molecular weight is 517 g/mol. The van der Waals surface area contributed by atoms with Crippen LogP contribution in [0.2, 0.25) is 0 Å². The molecule has 0 aliphatic heterocycles. The van der Waals surface area contributed by atoms with Crippen LogP contribution in [0.4, 0.5) is 0 Å². The standard InChI is InChI=1S/C22H44N8O6/c23-10-4-1-7-15(26)20(33)27-13-18(31)29-16(8-2-5-11-24)21(34)28-14-19(32)30-17(22(35)36)9-3-6-12-25/h15-17H,1-14,23-26H2,(H,27,33)(H,28,34)(H,29,31)(H,30,32)(H,35,36)/t15-,16-,17-/m0/s1. The van der Waals surface area contributed by atoms with Crippen molar-refractivity contribution in [3.05, 3.63) is 0 Å². The molecule has 0 aromatic carbocycles. The number of rotatable bonds is 21. The molecule has 0 heterocycles. The van der Waals surface area contributed by atoms with Crippen LogP contribution in [0, 0.1) is 0 Å². The molecular weight excluding hydrogens is 472 g/mol. The number of carboxylic acids is 1. The van der Waals surface area contributed by atoms with E-state index >= 15 is 0 Å². The van der Waals surface area contributed by atoms with Gasteiger partial charge in [-0.1, -0.05) is 6.42 Å². The lowest BCUT2D eigenvalue weighted by Crippen LogP contribution is -2.52. The maximum absolute atomic E-state index is 12.6. The van der Waals surface area contributed by atoms with Crippen LogP contribution in [0.3, 0.4) is 0 Å². The molecule has 0 aromatic rings. The molecule has 0 aliphatic rings. The topological polar surface area (TPSA) is 258 Å². The number of nitrogens with one attached hydrogen (secondary N) is 4. The van der Waals surface area contributed by atoms with Crippen LogP contribution >= 0.6 is 0 Å². The van der Waals surface area contributed by atoms with Crippen LogP contribution in [0.25, 0.3) is 0 Å². The van der Waals surface area contributed by atoms with Gasteiger partial charge in [-0.05, 0) is 71.0 Å². The highest BCUT2D eigenvalue weighted by molar-refractivity contribution is 5.93. The number of carbonyl (C=O) groups is 5. The predicted molar refractivity (Wildman–Crippen MR) is 134 cm³/mol. The van der Waals surface area contributed by atoms with Gasteiger partial charge in [-0.25, -0.2) is 4.79 Å². The molecule has 4 amide bonds. The molecule has 14 nitrogen and oxygen atoms in total. The fourth-order valence-electron chi connectivity index (χ4n) is 3.23. The summed E-state index contributed by atoms with van der Waals surface area (Å²) in [6.07, 6.45) is 4.67. The largest absolute Gasteiger partial charge is 0.480 e. The molecule has 0 aliphatic carbocycles. The minimum Gasteiger partial charge on any atom is -0.480 e. The Morgan fingerprint density at radius 2 is 1.03 bits per heavy atom. The zero-order chi connectivity index (χ0) is 27.3. The van der Waals surface area contributed by atoms with Gasteiger partial charge in [0.25, 0.3) is 0 Å². The second-order valence-electron chi connectivity index (χ2n) is 8.47. The van der Waals surface area contributed by atoms with E-state index in [-0.39, 0.29) is 19.4 Å². The van der Waals surface area contributed by atoms with Crippen molar-refractivity contribution in [2.24, 2.45) is 22.9 Å². The highest BCUT2D eigenvalue weighted by Gasteiger charge is 2.23. The molecule has 0 fully saturated rings. The highest BCUT2D eigenvalue weighted by Crippen LogP contribution is 2.03. The molecule has 0 rings (SSSR count). The number of aliphatic carboxylic acids is 1. The Balaban J connectivity index is 4.75. The van der Waals surface area contributed by atoms with E-state index in [0.717, 1.165) is 6.42 Å². The summed E-state index contributed by atoms with van der Waals surface area (Å²) in [7, 11) is 0. The molecule has 208 valence electrons. The van der Waals surface area contributed by atoms with E-state index in [0.29, 0.717) is 58.2 Å². The van der Waals surface area contributed by atoms with E-state index in [4.69, 9.17) is 22.9 Å². The first-order chi connectivity index (χ1) is 17.2. The van der Waals surface area contributed by atoms with Crippen molar-refractivity contribution in [2.45, 2.75) is 75.9 Å². The molecule has 14 heteroatoms. The molecule has 0 spiro atoms. The third kappa shape index (κ3) is 16.0. The van der Waals surface area contributed by atoms with Crippen molar-refractivity contribution in [3.8, 4) is 0 Å². The summed E-state index contributed by atoms with van der Waals surface area (Å²) >= 11 is 0. The molecular formula is C22H44N8O6. The van der Waals surface area contributed by atoms with E-state index in [1.54, 1.807) is 0 Å². The molecule has 13 N–H and O–H groups in total. The van der Waals surface area contributed by atoms with E-state index < -0.39 is 54.3 Å². The van der Waals surface area contributed by atoms with Crippen LogP contribution < -0.4 is 44.2 Å². The number of carbonyl (C=O) groups excluding carboxylic acids is 4. The van der Waals surface area contributed by atoms with Crippen LogP contribution in [-0.4, -0.2) is 85.6 Å². The van der Waals surface area contributed by atoms with Gasteiger partial charge in [0.15, 0.2) is 0 Å². The Hall–Kier alpha value is -2.81. The number of hydrogen-bond donors (Lipinski definition) is 9. The Kier molecular flexibility index (Phi) is 18.8. The number of carboxylic acid groups (broad SMARTS) is 1. The Morgan fingerprint density at radius 1 is 0.611 bits per heavy atom. The van der Waals surface area contributed by atoms with Gasteiger partial charge in [0.05, 0.1) is 19.1 Å². The maximum Gasteiger partial charge on any atom is 0.326 e. The number of unbranched alkanes of at least 4 members (excludes halogenated alkanes) is 3. The van der Waals surface area contributed by atoms with Crippen molar-refractivity contribution in [1.29, 1.82) is 0 Å². The van der Waals surface area contributed by atoms with Crippen LogP contribution in [0.5, 0.6) is 0 Å². The second-order valence-corrected chi connectivity index (χ2v) is 8.47. The zero-order valence-corrected chi connectivity index (χ0v) is 20.9. The van der Waals surface area contributed by atoms with Crippen molar-refractivity contribution in [1.82, 2.24) is 21.3 Å². The van der Waals surface area contributed by atoms with Gasteiger partial charge >= 0.3 is 5.97 Å². The molecule has 0 radical (unpaired) electrons. The van der Waals surface area contributed by atoms with E-state index in [1.807, 2.05) is 0 Å². The second kappa shape index (κ2) is 20.4. The Labute approximate surface area is 212 Å². The molecule has 0 aromatic heterocycles. The lowest BCUT2D eigenvalue weighted by molar-refractivity contribution is -0.142. The molecule has 0 unspecified atom stereocenters. The number of amides is 4. The minimum absolute atomic E-state index is 0.215. The van der Waals surface area contributed by atoms with E-state index in [2.05, 4.69) is 21.3 Å². The molecule has 0 saturated carbocycles. The molecule has 3 atom stereocenters. The van der Waals surface area contributed by atoms with Crippen LogP contribution in [0.1, 0.15) is 57.8 Å². The van der Waals surface area contributed by atoms with Gasteiger partial charge in [0.2, 0.25) is 23.6 Å². The summed E-state index contributed by atoms with van der Waals surface area (Å²) < 4.78 is 0. The molecule has 0 bridgehead atoms. The number of nitrogens with two attached hydrogens (primary N) is 4. The molecule has 0 saturated heterocycles. The van der Waals surface area contributed by atoms with Crippen molar-refractivity contribution in [3.63, 3.8) is 0 Å². The van der Waals surface area contributed by atoms with Crippen LogP contribution in [-0.2, 0) is 24.0 Å². The van der Waals surface area contributed by atoms with E-state index in [9.17, 15) is 29.1 Å². The fourth-order valence-corrected chi connectivity index (χ4v) is 3.23. The third-order valence-corrected chi connectivity index (χ3v) is 5.33. The normalized spacial score (nSPS) is 13.2. The Morgan fingerprint density at radius 3 is 1.50 bits per heavy atom. The summed E-state index contributed by atoms with van der Waals surface area (Å²) in [4.78, 5) is 60.5. The molecule has 36 heavy (non-hydrogen) atoms. The van der Waals surface area contributed by atoms with Crippen LogP contribution in [0.15, 0.2) is 0 Å².